The van der Waals surface area contributed by atoms with Crippen molar-refractivity contribution in [3.63, 3.8) is 0 Å². The molecule has 0 radical (unpaired) electrons. The van der Waals surface area contributed by atoms with Crippen LogP contribution in [-0.2, 0) is 20.9 Å². The van der Waals surface area contributed by atoms with Gasteiger partial charge in [0.1, 0.15) is 5.75 Å². The fourth-order valence-electron chi connectivity index (χ4n) is 4.44. The summed E-state index contributed by atoms with van der Waals surface area (Å²) in [6.07, 6.45) is 0.364. The van der Waals surface area contributed by atoms with E-state index in [-0.39, 0.29) is 23.3 Å². The molecule has 1 aliphatic carbocycles. The molecule has 1 aromatic carbocycles. The Morgan fingerprint density at radius 1 is 1.24 bits per heavy atom. The molecule has 4 rings (SSSR count). The van der Waals surface area contributed by atoms with Gasteiger partial charge in [0.25, 0.3) is 0 Å². The molecule has 184 valence electrons. The van der Waals surface area contributed by atoms with Gasteiger partial charge in [0.2, 0.25) is 5.91 Å². The number of carbonyl (C=O) groups is 2. The molecule has 3 fully saturated rings. The van der Waals surface area contributed by atoms with Crippen LogP contribution in [0.5, 0.6) is 5.75 Å². The summed E-state index contributed by atoms with van der Waals surface area (Å²) in [5.74, 6) is -1.32. The van der Waals surface area contributed by atoms with E-state index in [0.29, 0.717) is 6.61 Å². The second-order valence-electron chi connectivity index (χ2n) is 8.95. The molecular weight excluding hydrogens is 441 g/mol. The third-order valence-electron chi connectivity index (χ3n) is 6.67. The lowest BCUT2D eigenvalue weighted by atomic mass is 9.69. The molecule has 2 heterocycles. The van der Waals surface area contributed by atoms with Crippen molar-refractivity contribution in [1.82, 2.24) is 10.2 Å². The topological polar surface area (TPSA) is 88.1 Å². The average molecular weight is 473 g/mol. The van der Waals surface area contributed by atoms with Crippen LogP contribution in [0.3, 0.4) is 0 Å². The molecule has 3 aliphatic rings. The van der Waals surface area contributed by atoms with Crippen LogP contribution in [0.4, 0.5) is 13.2 Å². The third kappa shape index (κ3) is 7.07. The second-order valence-corrected chi connectivity index (χ2v) is 8.95. The maximum Gasteiger partial charge on any atom is 0.490 e. The molecule has 33 heavy (non-hydrogen) atoms. The Kier molecular flexibility index (Phi) is 8.23. The Bertz CT molecular complexity index is 821. The lowest BCUT2D eigenvalue weighted by molar-refractivity contribution is -0.192. The molecule has 7 nitrogen and oxygen atoms in total. The minimum Gasteiger partial charge on any atom is -0.497 e. The molecule has 10 heteroatoms. The fraction of sp³-hybridized carbons (Fsp3) is 0.652. The standard InChI is InChI=1S/C21H30N2O3.C2HF3O2/c1-25-18-4-2-3-16(13-18)14-23-10-7-21(8-11-23)9-12-26-15-19(21)22-20(24)17-5-6-17;3-2(4,5)1(6)7/h2-4,13,17,19H,5-12,14-15H2,1H3,(H,22,24);(H,6,7). The van der Waals surface area contributed by atoms with Crippen molar-refractivity contribution in [2.75, 3.05) is 33.4 Å². The van der Waals surface area contributed by atoms with E-state index in [4.69, 9.17) is 19.4 Å². The summed E-state index contributed by atoms with van der Waals surface area (Å²) in [5, 5.41) is 10.4. The Morgan fingerprint density at radius 2 is 1.91 bits per heavy atom. The van der Waals surface area contributed by atoms with Gasteiger partial charge in [0.15, 0.2) is 0 Å². The zero-order valence-electron chi connectivity index (χ0n) is 18.7. The number of hydrogen-bond acceptors (Lipinski definition) is 5. The molecule has 1 spiro atoms. The van der Waals surface area contributed by atoms with Crippen molar-refractivity contribution in [2.24, 2.45) is 11.3 Å². The van der Waals surface area contributed by atoms with Crippen molar-refractivity contribution in [3.05, 3.63) is 29.8 Å². The lowest BCUT2D eigenvalue weighted by Crippen LogP contribution is -2.57. The van der Waals surface area contributed by atoms with Gasteiger partial charge in [-0.1, -0.05) is 12.1 Å². The number of ether oxygens (including phenoxy) is 2. The summed E-state index contributed by atoms with van der Waals surface area (Å²) in [5.41, 5.74) is 1.51. The number of amides is 1. The average Bonchev–Trinajstić information content (AvgIpc) is 3.63. The molecule has 0 bridgehead atoms. The first-order chi connectivity index (χ1) is 15.6. The van der Waals surface area contributed by atoms with Crippen LogP contribution in [0.1, 0.15) is 37.7 Å². The van der Waals surface area contributed by atoms with Crippen LogP contribution >= 0.6 is 0 Å². The Morgan fingerprint density at radius 3 is 2.48 bits per heavy atom. The predicted molar refractivity (Wildman–Crippen MR) is 114 cm³/mol. The molecule has 2 N–H and O–H groups in total. The van der Waals surface area contributed by atoms with Crippen LogP contribution in [0, 0.1) is 11.3 Å². The molecule has 1 atom stereocenters. The number of methoxy groups -OCH3 is 1. The van der Waals surface area contributed by atoms with E-state index in [9.17, 15) is 18.0 Å². The number of benzene rings is 1. The third-order valence-corrected chi connectivity index (χ3v) is 6.67. The van der Waals surface area contributed by atoms with Crippen molar-refractivity contribution >= 4 is 11.9 Å². The number of likely N-dealkylation sites (tertiary alicyclic amines) is 1. The maximum atomic E-state index is 12.3. The zero-order chi connectivity index (χ0) is 24.1. The number of nitrogens with one attached hydrogen (secondary N) is 1. The Labute approximate surface area is 191 Å². The number of carboxylic acids is 1. The quantitative estimate of drug-likeness (QED) is 0.684. The van der Waals surface area contributed by atoms with Crippen LogP contribution < -0.4 is 10.1 Å². The summed E-state index contributed by atoms with van der Waals surface area (Å²) in [7, 11) is 1.71. The van der Waals surface area contributed by atoms with E-state index in [1.807, 2.05) is 6.07 Å². The summed E-state index contributed by atoms with van der Waals surface area (Å²) in [4.78, 5) is 23.7. The van der Waals surface area contributed by atoms with Gasteiger partial charge >= 0.3 is 12.1 Å². The molecule has 2 saturated heterocycles. The first kappa shape index (κ1) is 25.3. The van der Waals surface area contributed by atoms with Gasteiger partial charge in [0, 0.05) is 19.1 Å². The zero-order valence-corrected chi connectivity index (χ0v) is 18.7. The monoisotopic (exact) mass is 472 g/mol. The number of piperidine rings is 1. The molecule has 1 saturated carbocycles. The second kappa shape index (κ2) is 10.7. The SMILES string of the molecule is COc1cccc(CN2CCC3(CCOCC3NC(=O)C3CC3)CC2)c1.O=C(O)C(F)(F)F. The lowest BCUT2D eigenvalue weighted by Gasteiger charge is -2.49. The van der Waals surface area contributed by atoms with Crippen LogP contribution in [-0.4, -0.2) is 67.5 Å². The largest absolute Gasteiger partial charge is 0.497 e. The number of carboxylic acid groups (broad SMARTS) is 1. The molecule has 1 aromatic rings. The van der Waals surface area contributed by atoms with E-state index in [1.165, 1.54) is 5.56 Å². The van der Waals surface area contributed by atoms with Crippen molar-refractivity contribution in [2.45, 2.75) is 50.9 Å². The Balaban J connectivity index is 0.000000383. The summed E-state index contributed by atoms with van der Waals surface area (Å²) in [6.45, 7) is 4.61. The van der Waals surface area contributed by atoms with Crippen LogP contribution in [0.2, 0.25) is 0 Å². The minimum atomic E-state index is -5.08. The number of aliphatic carboxylic acids is 1. The van der Waals surface area contributed by atoms with Gasteiger partial charge in [-0.2, -0.15) is 13.2 Å². The molecule has 1 unspecified atom stereocenters. The van der Waals surface area contributed by atoms with Crippen molar-refractivity contribution < 1.29 is 37.3 Å². The summed E-state index contributed by atoms with van der Waals surface area (Å²) >= 11 is 0. The van der Waals surface area contributed by atoms with E-state index >= 15 is 0 Å². The highest BCUT2D eigenvalue weighted by molar-refractivity contribution is 5.81. The van der Waals surface area contributed by atoms with Crippen molar-refractivity contribution in [1.29, 1.82) is 0 Å². The number of hydrogen-bond donors (Lipinski definition) is 2. The summed E-state index contributed by atoms with van der Waals surface area (Å²) in [6, 6.07) is 8.52. The van der Waals surface area contributed by atoms with Crippen LogP contribution in [0.25, 0.3) is 0 Å². The van der Waals surface area contributed by atoms with Gasteiger partial charge in [0.05, 0.1) is 19.8 Å². The molecule has 1 amide bonds. The number of halogens is 3. The number of alkyl halides is 3. The highest BCUT2D eigenvalue weighted by Crippen LogP contribution is 2.42. The van der Waals surface area contributed by atoms with Gasteiger partial charge in [-0.15, -0.1) is 0 Å². The number of carbonyl (C=O) groups excluding carboxylic acids is 1. The fourth-order valence-corrected chi connectivity index (χ4v) is 4.44. The normalized spacial score (nSPS) is 22.7. The number of nitrogens with zero attached hydrogens (tertiary/aromatic N) is 1. The first-order valence-electron chi connectivity index (χ1n) is 11.2. The minimum absolute atomic E-state index is 0.184. The van der Waals surface area contributed by atoms with E-state index in [0.717, 1.165) is 64.1 Å². The first-order valence-corrected chi connectivity index (χ1v) is 11.2. The summed E-state index contributed by atoms with van der Waals surface area (Å²) < 4.78 is 42.8. The van der Waals surface area contributed by atoms with E-state index in [2.05, 4.69) is 28.4 Å². The van der Waals surface area contributed by atoms with Gasteiger partial charge in [-0.05, 0) is 68.3 Å². The van der Waals surface area contributed by atoms with E-state index in [1.54, 1.807) is 7.11 Å². The maximum absolute atomic E-state index is 12.3. The van der Waals surface area contributed by atoms with Gasteiger partial charge in [-0.25, -0.2) is 4.79 Å². The molecule has 0 aromatic heterocycles. The predicted octanol–water partition coefficient (Wildman–Crippen LogP) is 3.23. The highest BCUT2D eigenvalue weighted by atomic mass is 19.4. The Hall–Kier alpha value is -2.33. The van der Waals surface area contributed by atoms with Gasteiger partial charge in [-0.3, -0.25) is 9.69 Å². The number of rotatable bonds is 5. The molecule has 2 aliphatic heterocycles. The van der Waals surface area contributed by atoms with Crippen molar-refractivity contribution in [3.8, 4) is 5.75 Å². The van der Waals surface area contributed by atoms with Gasteiger partial charge < -0.3 is 19.9 Å². The van der Waals surface area contributed by atoms with E-state index < -0.39 is 12.1 Å². The highest BCUT2D eigenvalue weighted by Gasteiger charge is 2.45. The van der Waals surface area contributed by atoms with Crippen LogP contribution in [0.15, 0.2) is 24.3 Å². The smallest absolute Gasteiger partial charge is 0.490 e. The molecular formula is C23H31F3N2O5.